The van der Waals surface area contributed by atoms with Crippen LogP contribution in [0.4, 0.5) is 0 Å². The molecule has 1 aromatic heterocycles. The number of aromatic nitrogens is 2. The molecule has 11 heteroatoms. The van der Waals surface area contributed by atoms with E-state index in [0.29, 0.717) is 18.5 Å². The number of rotatable bonds is 13. The zero-order chi connectivity index (χ0) is 26.8. The van der Waals surface area contributed by atoms with Crippen LogP contribution in [0, 0.1) is 5.92 Å². The largest absolute Gasteiger partial charge is 0.480 e. The van der Waals surface area contributed by atoms with Crippen molar-refractivity contribution in [2.45, 2.75) is 70.1 Å². The molecule has 3 amide bonds. The summed E-state index contributed by atoms with van der Waals surface area (Å²) in [6.45, 7) is 4.52. The van der Waals surface area contributed by atoms with Crippen molar-refractivity contribution in [3.63, 3.8) is 0 Å². The minimum atomic E-state index is -1.19. The third-order valence-corrected chi connectivity index (χ3v) is 6.68. The molecule has 2 heterocycles. The van der Waals surface area contributed by atoms with Crippen molar-refractivity contribution in [1.82, 2.24) is 31.2 Å². The Morgan fingerprint density at radius 1 is 1.05 bits per heavy atom. The summed E-state index contributed by atoms with van der Waals surface area (Å²) in [6, 6.07) is 5.50. The lowest BCUT2D eigenvalue weighted by molar-refractivity contribution is -0.142. The normalized spacial score (nSPS) is 18.3. The van der Waals surface area contributed by atoms with Gasteiger partial charge in [0.15, 0.2) is 0 Å². The number of hydrogen-bond donors (Lipinski definition) is 6. The SMILES string of the molecule is CCC(C)C(NC(=O)C1CCCN1)C(=O)NC(Cc1cnc[nH]1)C(=O)NC(Cc1ccccc1)C(=O)O. The Bertz CT molecular complexity index is 1040. The van der Waals surface area contributed by atoms with Gasteiger partial charge in [0.1, 0.15) is 18.1 Å². The molecule has 5 atom stereocenters. The molecule has 5 unspecified atom stereocenters. The number of nitrogens with zero attached hydrogens (tertiary/aromatic N) is 1. The van der Waals surface area contributed by atoms with Crippen molar-refractivity contribution in [1.29, 1.82) is 0 Å². The van der Waals surface area contributed by atoms with Crippen molar-refractivity contribution in [2.75, 3.05) is 6.54 Å². The van der Waals surface area contributed by atoms with Crippen LogP contribution in [0.2, 0.25) is 0 Å². The molecular formula is C26H36N6O5. The van der Waals surface area contributed by atoms with Gasteiger partial charge in [-0.2, -0.15) is 0 Å². The van der Waals surface area contributed by atoms with Crippen LogP contribution in [0.3, 0.4) is 0 Å². The highest BCUT2D eigenvalue weighted by Crippen LogP contribution is 2.12. The second kappa shape index (κ2) is 13.5. The lowest BCUT2D eigenvalue weighted by Gasteiger charge is -2.28. The van der Waals surface area contributed by atoms with Gasteiger partial charge in [-0.1, -0.05) is 50.6 Å². The van der Waals surface area contributed by atoms with Gasteiger partial charge in [0, 0.05) is 24.7 Å². The number of carbonyl (C=O) groups is 4. The predicted molar refractivity (Wildman–Crippen MR) is 136 cm³/mol. The zero-order valence-corrected chi connectivity index (χ0v) is 21.2. The molecule has 37 heavy (non-hydrogen) atoms. The van der Waals surface area contributed by atoms with E-state index in [0.717, 1.165) is 18.5 Å². The minimum Gasteiger partial charge on any atom is -0.480 e. The summed E-state index contributed by atoms with van der Waals surface area (Å²) in [6.07, 6.45) is 5.37. The molecule has 0 bridgehead atoms. The number of aromatic amines is 1. The fraction of sp³-hybridized carbons (Fsp3) is 0.500. The second-order valence-electron chi connectivity index (χ2n) is 9.45. The first kappa shape index (κ1) is 27.9. The number of benzene rings is 1. The Balaban J connectivity index is 1.75. The van der Waals surface area contributed by atoms with Crippen LogP contribution < -0.4 is 21.3 Å². The molecule has 0 aliphatic carbocycles. The minimum absolute atomic E-state index is 0.0700. The first-order chi connectivity index (χ1) is 17.8. The summed E-state index contributed by atoms with van der Waals surface area (Å²) < 4.78 is 0. The van der Waals surface area contributed by atoms with E-state index >= 15 is 0 Å². The fourth-order valence-electron chi connectivity index (χ4n) is 4.27. The van der Waals surface area contributed by atoms with Crippen LogP contribution in [-0.2, 0) is 32.0 Å². The van der Waals surface area contributed by atoms with E-state index in [2.05, 4.69) is 31.2 Å². The Kier molecular flexibility index (Phi) is 10.2. The lowest BCUT2D eigenvalue weighted by atomic mass is 9.97. The molecule has 0 radical (unpaired) electrons. The van der Waals surface area contributed by atoms with Crippen LogP contribution in [0.5, 0.6) is 0 Å². The van der Waals surface area contributed by atoms with Crippen LogP contribution in [-0.4, -0.2) is 69.5 Å². The predicted octanol–water partition coefficient (Wildman–Crippen LogP) is 0.532. The average molecular weight is 513 g/mol. The van der Waals surface area contributed by atoms with Crippen molar-refractivity contribution < 1.29 is 24.3 Å². The molecule has 1 aromatic carbocycles. The number of aliphatic carboxylic acids is 1. The van der Waals surface area contributed by atoms with Crippen LogP contribution in [0.25, 0.3) is 0 Å². The number of carboxylic acid groups (broad SMARTS) is 1. The summed E-state index contributed by atoms with van der Waals surface area (Å²) in [5, 5.41) is 21.0. The average Bonchev–Trinajstić information content (AvgIpc) is 3.61. The van der Waals surface area contributed by atoms with Gasteiger partial charge in [0.05, 0.1) is 12.4 Å². The summed E-state index contributed by atoms with van der Waals surface area (Å²) in [7, 11) is 0. The van der Waals surface area contributed by atoms with E-state index in [1.807, 2.05) is 19.9 Å². The molecular weight excluding hydrogens is 476 g/mol. The Hall–Kier alpha value is -3.73. The highest BCUT2D eigenvalue weighted by molar-refractivity contribution is 5.94. The summed E-state index contributed by atoms with van der Waals surface area (Å²) in [5.41, 5.74) is 1.35. The van der Waals surface area contributed by atoms with E-state index in [1.165, 1.54) is 12.5 Å². The number of imidazole rings is 1. The molecule has 1 saturated heterocycles. The molecule has 1 aliphatic heterocycles. The standard InChI is InChI=1S/C26H36N6O5/c1-3-16(2)22(32-23(33)19-10-7-11-28-19)25(35)30-20(13-18-14-27-15-29-18)24(34)31-21(26(36)37)12-17-8-5-4-6-9-17/h4-6,8-9,14-16,19-22,28H,3,7,10-13H2,1-2H3,(H,27,29)(H,30,35)(H,31,34)(H,32,33)(H,36,37). The van der Waals surface area contributed by atoms with Gasteiger partial charge in [0.2, 0.25) is 17.7 Å². The monoisotopic (exact) mass is 512 g/mol. The molecule has 1 fully saturated rings. The van der Waals surface area contributed by atoms with Gasteiger partial charge in [-0.3, -0.25) is 14.4 Å². The zero-order valence-electron chi connectivity index (χ0n) is 21.2. The van der Waals surface area contributed by atoms with Crippen LogP contribution >= 0.6 is 0 Å². The fourth-order valence-corrected chi connectivity index (χ4v) is 4.27. The Labute approximate surface area is 216 Å². The maximum absolute atomic E-state index is 13.4. The van der Waals surface area contributed by atoms with E-state index in [-0.39, 0.29) is 30.7 Å². The highest BCUT2D eigenvalue weighted by atomic mass is 16.4. The highest BCUT2D eigenvalue weighted by Gasteiger charge is 2.33. The smallest absolute Gasteiger partial charge is 0.326 e. The molecule has 0 saturated carbocycles. The van der Waals surface area contributed by atoms with Gasteiger partial charge >= 0.3 is 5.97 Å². The second-order valence-corrected chi connectivity index (χ2v) is 9.45. The third kappa shape index (κ3) is 8.14. The van der Waals surface area contributed by atoms with Gasteiger partial charge in [-0.15, -0.1) is 0 Å². The van der Waals surface area contributed by atoms with Crippen molar-refractivity contribution in [3.8, 4) is 0 Å². The number of hydrogen-bond acceptors (Lipinski definition) is 6. The third-order valence-electron chi connectivity index (χ3n) is 6.68. The quantitative estimate of drug-likeness (QED) is 0.228. The van der Waals surface area contributed by atoms with Crippen LogP contribution in [0.15, 0.2) is 42.9 Å². The van der Waals surface area contributed by atoms with E-state index in [9.17, 15) is 24.3 Å². The first-order valence-electron chi connectivity index (χ1n) is 12.7. The van der Waals surface area contributed by atoms with Gasteiger partial charge in [-0.25, -0.2) is 9.78 Å². The maximum Gasteiger partial charge on any atom is 0.326 e. The molecule has 11 nitrogen and oxygen atoms in total. The maximum atomic E-state index is 13.4. The molecule has 0 spiro atoms. The Morgan fingerprint density at radius 3 is 2.38 bits per heavy atom. The molecule has 6 N–H and O–H groups in total. The summed E-state index contributed by atoms with van der Waals surface area (Å²) in [5.74, 6) is -2.77. The van der Waals surface area contributed by atoms with E-state index < -0.39 is 35.9 Å². The van der Waals surface area contributed by atoms with E-state index in [4.69, 9.17) is 0 Å². The van der Waals surface area contributed by atoms with Gasteiger partial charge in [0.25, 0.3) is 0 Å². The van der Waals surface area contributed by atoms with Crippen molar-refractivity contribution in [3.05, 3.63) is 54.1 Å². The summed E-state index contributed by atoms with van der Waals surface area (Å²) in [4.78, 5) is 58.2. The molecule has 1 aliphatic rings. The number of carboxylic acids is 1. The van der Waals surface area contributed by atoms with Crippen molar-refractivity contribution >= 4 is 23.7 Å². The van der Waals surface area contributed by atoms with Gasteiger partial charge < -0.3 is 31.4 Å². The molecule has 200 valence electrons. The van der Waals surface area contributed by atoms with Gasteiger partial charge in [-0.05, 0) is 30.9 Å². The Morgan fingerprint density at radius 2 is 1.78 bits per heavy atom. The van der Waals surface area contributed by atoms with Crippen LogP contribution in [0.1, 0.15) is 44.4 Å². The first-order valence-corrected chi connectivity index (χ1v) is 12.7. The topological polar surface area (TPSA) is 165 Å². The number of carbonyl (C=O) groups excluding carboxylic acids is 3. The molecule has 2 aromatic rings. The number of nitrogens with one attached hydrogen (secondary N) is 5. The number of amides is 3. The number of H-pyrrole nitrogens is 1. The summed E-state index contributed by atoms with van der Waals surface area (Å²) >= 11 is 0. The molecule has 3 rings (SSSR count). The van der Waals surface area contributed by atoms with Crippen molar-refractivity contribution in [2.24, 2.45) is 5.92 Å². The lowest BCUT2D eigenvalue weighted by Crippen LogP contribution is -2.59. The van der Waals surface area contributed by atoms with E-state index in [1.54, 1.807) is 24.3 Å².